The molecule has 5 nitrogen and oxygen atoms in total. The number of hydrogen-bond acceptors (Lipinski definition) is 4. The number of pyridine rings is 1. The predicted octanol–water partition coefficient (Wildman–Crippen LogP) is 5.05. The minimum Gasteiger partial charge on any atom is -0.493 e. The minimum atomic E-state index is -4.39. The fraction of sp³-hybridized carbons (Fsp3) is 0.300. The molecule has 1 N–H and O–H groups in total. The Morgan fingerprint density at radius 3 is 2.31 bits per heavy atom. The number of thioether (sulfide) groups is 1. The standard InChI is InChI=1S/C20H20F3N3O2S/c1-3-4-17(14-9-11-24-12-10-14)25-13(2)18(27)26(19(25)28)15-5-7-16(8-6-15)29-20(21,22)23/h5-12,17,27H,3-4H2,1-2H3. The lowest BCUT2D eigenvalue weighted by Crippen LogP contribution is -2.28. The lowest BCUT2D eigenvalue weighted by Gasteiger charge is -2.19. The van der Waals surface area contributed by atoms with Gasteiger partial charge in [-0.05, 0) is 67.1 Å². The molecule has 0 aliphatic heterocycles. The first-order chi connectivity index (χ1) is 13.7. The van der Waals surface area contributed by atoms with Gasteiger partial charge in [-0.1, -0.05) is 13.3 Å². The van der Waals surface area contributed by atoms with E-state index in [1.54, 1.807) is 19.3 Å². The van der Waals surface area contributed by atoms with Crippen molar-refractivity contribution in [1.82, 2.24) is 14.1 Å². The van der Waals surface area contributed by atoms with Crippen LogP contribution in [0.3, 0.4) is 0 Å². The number of halogens is 3. The molecule has 0 aliphatic carbocycles. The fourth-order valence-electron chi connectivity index (χ4n) is 3.31. The van der Waals surface area contributed by atoms with Gasteiger partial charge in [0.05, 0.1) is 17.4 Å². The quantitative estimate of drug-likeness (QED) is 0.564. The maximum absolute atomic E-state index is 13.2. The number of hydrogen-bond donors (Lipinski definition) is 1. The zero-order chi connectivity index (χ0) is 21.2. The zero-order valence-electron chi connectivity index (χ0n) is 15.8. The third kappa shape index (κ3) is 4.50. The van der Waals surface area contributed by atoms with E-state index in [4.69, 9.17) is 0 Å². The summed E-state index contributed by atoms with van der Waals surface area (Å²) in [6, 6.07) is 8.69. The maximum atomic E-state index is 13.2. The van der Waals surface area contributed by atoms with Crippen LogP contribution < -0.4 is 5.69 Å². The molecule has 9 heteroatoms. The summed E-state index contributed by atoms with van der Waals surface area (Å²) < 4.78 is 40.2. The number of imidazole rings is 1. The average molecular weight is 423 g/mol. The molecule has 0 amide bonds. The summed E-state index contributed by atoms with van der Waals surface area (Å²) >= 11 is -0.231. The molecule has 29 heavy (non-hydrogen) atoms. The Morgan fingerprint density at radius 2 is 1.76 bits per heavy atom. The number of rotatable bonds is 6. The number of aromatic nitrogens is 3. The van der Waals surface area contributed by atoms with Gasteiger partial charge in [0.15, 0.2) is 0 Å². The summed E-state index contributed by atoms with van der Waals surface area (Å²) in [7, 11) is 0. The van der Waals surface area contributed by atoms with E-state index in [1.165, 1.54) is 28.8 Å². The number of alkyl halides is 3. The van der Waals surface area contributed by atoms with Crippen molar-refractivity contribution in [3.8, 4) is 11.6 Å². The molecular weight excluding hydrogens is 403 g/mol. The van der Waals surface area contributed by atoms with Gasteiger partial charge in [0.1, 0.15) is 0 Å². The Bertz CT molecular complexity index is 1030. The van der Waals surface area contributed by atoms with Gasteiger partial charge in [-0.2, -0.15) is 13.2 Å². The minimum absolute atomic E-state index is 0.00517. The van der Waals surface area contributed by atoms with Crippen LogP contribution in [0.5, 0.6) is 5.88 Å². The van der Waals surface area contributed by atoms with Crippen LogP contribution in [0.25, 0.3) is 5.69 Å². The van der Waals surface area contributed by atoms with Crippen molar-refractivity contribution < 1.29 is 18.3 Å². The van der Waals surface area contributed by atoms with Crippen molar-refractivity contribution in [2.24, 2.45) is 0 Å². The Morgan fingerprint density at radius 1 is 1.14 bits per heavy atom. The second-order valence-corrected chi connectivity index (χ2v) is 7.66. The van der Waals surface area contributed by atoms with E-state index in [-0.39, 0.29) is 28.6 Å². The van der Waals surface area contributed by atoms with Gasteiger partial charge in [-0.25, -0.2) is 9.36 Å². The fourth-order valence-corrected chi connectivity index (χ4v) is 3.85. The highest BCUT2D eigenvalue weighted by atomic mass is 32.2. The Labute approximate surface area is 169 Å². The Hall–Kier alpha value is -2.68. The van der Waals surface area contributed by atoms with E-state index >= 15 is 0 Å². The first-order valence-electron chi connectivity index (χ1n) is 9.01. The molecule has 0 fully saturated rings. The highest BCUT2D eigenvalue weighted by Gasteiger charge is 2.29. The predicted molar refractivity (Wildman–Crippen MR) is 106 cm³/mol. The van der Waals surface area contributed by atoms with E-state index in [0.29, 0.717) is 17.8 Å². The van der Waals surface area contributed by atoms with E-state index in [9.17, 15) is 23.1 Å². The normalized spacial score (nSPS) is 12.9. The molecule has 2 heterocycles. The molecule has 3 aromatic rings. The largest absolute Gasteiger partial charge is 0.493 e. The summed E-state index contributed by atoms with van der Waals surface area (Å²) in [4.78, 5) is 17.2. The van der Waals surface area contributed by atoms with Crippen molar-refractivity contribution >= 4 is 11.8 Å². The topological polar surface area (TPSA) is 60.0 Å². The van der Waals surface area contributed by atoms with Crippen LogP contribution in [-0.2, 0) is 0 Å². The van der Waals surface area contributed by atoms with Gasteiger partial charge in [0.25, 0.3) is 0 Å². The summed E-state index contributed by atoms with van der Waals surface area (Å²) in [5.41, 5.74) is -3.27. The van der Waals surface area contributed by atoms with Crippen LogP contribution in [0.2, 0.25) is 0 Å². The smallest absolute Gasteiger partial charge is 0.446 e. The third-order valence-corrected chi connectivity index (χ3v) is 5.33. The first-order valence-corrected chi connectivity index (χ1v) is 9.83. The van der Waals surface area contributed by atoms with Crippen molar-refractivity contribution in [3.63, 3.8) is 0 Å². The van der Waals surface area contributed by atoms with Crippen molar-refractivity contribution in [2.75, 3.05) is 0 Å². The molecule has 154 valence electrons. The second kappa shape index (κ2) is 8.36. The SMILES string of the molecule is CCCC(c1ccncc1)n1c(C)c(O)n(-c2ccc(SC(F)(F)F)cc2)c1=O. The van der Waals surface area contributed by atoms with Crippen LogP contribution in [-0.4, -0.2) is 24.7 Å². The molecule has 3 rings (SSSR count). The summed E-state index contributed by atoms with van der Waals surface area (Å²) in [6.45, 7) is 3.65. The van der Waals surface area contributed by atoms with Crippen LogP contribution in [0, 0.1) is 6.92 Å². The molecule has 0 aliphatic rings. The van der Waals surface area contributed by atoms with Crippen LogP contribution in [0.4, 0.5) is 13.2 Å². The van der Waals surface area contributed by atoms with Gasteiger partial charge >= 0.3 is 11.2 Å². The lowest BCUT2D eigenvalue weighted by atomic mass is 10.0. The summed E-state index contributed by atoms with van der Waals surface area (Å²) in [5.74, 6) is -0.235. The Kier molecular flexibility index (Phi) is 6.07. The first kappa shape index (κ1) is 21.0. The summed E-state index contributed by atoms with van der Waals surface area (Å²) in [6.07, 6.45) is 4.78. The summed E-state index contributed by atoms with van der Waals surface area (Å²) in [5, 5.41) is 10.6. The van der Waals surface area contributed by atoms with Crippen LogP contribution in [0.1, 0.15) is 37.1 Å². The van der Waals surface area contributed by atoms with Crippen LogP contribution in [0.15, 0.2) is 58.5 Å². The van der Waals surface area contributed by atoms with Crippen molar-refractivity contribution in [2.45, 2.75) is 43.1 Å². The monoisotopic (exact) mass is 423 g/mol. The Balaban J connectivity index is 2.06. The molecule has 0 bridgehead atoms. The average Bonchev–Trinajstić information content (AvgIpc) is 2.89. The lowest BCUT2D eigenvalue weighted by molar-refractivity contribution is -0.0328. The maximum Gasteiger partial charge on any atom is 0.446 e. The van der Waals surface area contributed by atoms with Crippen molar-refractivity contribution in [1.29, 1.82) is 0 Å². The van der Waals surface area contributed by atoms with Gasteiger partial charge in [0.2, 0.25) is 5.88 Å². The van der Waals surface area contributed by atoms with E-state index in [2.05, 4.69) is 4.98 Å². The molecule has 0 radical (unpaired) electrons. The molecule has 0 spiro atoms. The molecule has 0 saturated heterocycles. The highest BCUT2D eigenvalue weighted by Crippen LogP contribution is 2.37. The van der Waals surface area contributed by atoms with Gasteiger partial charge < -0.3 is 5.11 Å². The van der Waals surface area contributed by atoms with Gasteiger partial charge in [-0.3, -0.25) is 9.55 Å². The van der Waals surface area contributed by atoms with E-state index in [1.807, 2.05) is 19.1 Å². The number of benzene rings is 1. The highest BCUT2D eigenvalue weighted by molar-refractivity contribution is 8.00. The third-order valence-electron chi connectivity index (χ3n) is 4.59. The number of nitrogens with zero attached hydrogens (tertiary/aromatic N) is 3. The van der Waals surface area contributed by atoms with Gasteiger partial charge in [0, 0.05) is 17.3 Å². The molecular formula is C20H20F3N3O2S. The van der Waals surface area contributed by atoms with Crippen LogP contribution >= 0.6 is 11.8 Å². The molecule has 1 atom stereocenters. The molecule has 1 aromatic carbocycles. The van der Waals surface area contributed by atoms with Crippen molar-refractivity contribution in [3.05, 3.63) is 70.5 Å². The number of aromatic hydroxyl groups is 1. The van der Waals surface area contributed by atoms with Gasteiger partial charge in [-0.15, -0.1) is 0 Å². The molecule has 2 aromatic heterocycles. The second-order valence-electron chi connectivity index (χ2n) is 6.52. The molecule has 1 unspecified atom stereocenters. The molecule has 0 saturated carbocycles. The zero-order valence-corrected chi connectivity index (χ0v) is 16.7. The van der Waals surface area contributed by atoms with E-state index < -0.39 is 11.2 Å². The van der Waals surface area contributed by atoms with E-state index in [0.717, 1.165) is 16.6 Å².